The van der Waals surface area contributed by atoms with Crippen LogP contribution in [0.4, 0.5) is 18.9 Å². The summed E-state index contributed by atoms with van der Waals surface area (Å²) in [6.07, 6.45) is 1.93. The number of methoxy groups -OCH3 is 1. The number of hydrogen-bond acceptors (Lipinski definition) is 8. The Labute approximate surface area is 246 Å². The predicted molar refractivity (Wildman–Crippen MR) is 154 cm³/mol. The molecule has 1 aliphatic rings. The Bertz CT molecular complexity index is 1600. The van der Waals surface area contributed by atoms with Gasteiger partial charge in [-0.15, -0.1) is 0 Å². The Balaban J connectivity index is 1.24. The second-order valence-corrected chi connectivity index (χ2v) is 10.1. The molecule has 0 bridgehead atoms. The van der Waals surface area contributed by atoms with Crippen LogP contribution in [-0.4, -0.2) is 49.0 Å². The minimum absolute atomic E-state index is 0.0697. The van der Waals surface area contributed by atoms with E-state index in [2.05, 4.69) is 20.9 Å². The van der Waals surface area contributed by atoms with Gasteiger partial charge in [0.15, 0.2) is 40.9 Å². The van der Waals surface area contributed by atoms with E-state index in [4.69, 9.17) is 14.2 Å². The van der Waals surface area contributed by atoms with Crippen molar-refractivity contribution in [3.8, 4) is 23.0 Å². The summed E-state index contributed by atoms with van der Waals surface area (Å²) in [5.74, 6) is -1.95. The third kappa shape index (κ3) is 7.53. The van der Waals surface area contributed by atoms with Crippen LogP contribution in [0, 0.1) is 23.4 Å². The monoisotopic (exact) mass is 596 g/mol. The molecular weight excluding hydrogens is 565 g/mol. The van der Waals surface area contributed by atoms with Crippen LogP contribution in [0.25, 0.3) is 10.9 Å². The lowest BCUT2D eigenvalue weighted by Gasteiger charge is -2.23. The third-order valence-electron chi connectivity index (χ3n) is 7.07. The van der Waals surface area contributed by atoms with Crippen LogP contribution >= 0.6 is 0 Å². The van der Waals surface area contributed by atoms with Gasteiger partial charge < -0.3 is 30.0 Å². The van der Waals surface area contributed by atoms with E-state index in [0.717, 1.165) is 44.1 Å². The molecule has 4 N–H and O–H groups in total. The number of aliphatic hydroxyl groups excluding tert-OH is 1. The van der Waals surface area contributed by atoms with Gasteiger partial charge in [0.05, 0.1) is 19.2 Å². The topological polar surface area (TPSA) is 114 Å². The smallest absolute Gasteiger partial charge is 0.268 e. The second kappa shape index (κ2) is 13.7. The first-order chi connectivity index (χ1) is 20.8. The van der Waals surface area contributed by atoms with Crippen LogP contribution in [-0.2, 0) is 11.3 Å². The lowest BCUT2D eigenvalue weighted by atomic mass is 9.99. The van der Waals surface area contributed by atoms with E-state index in [-0.39, 0.29) is 18.0 Å². The number of rotatable bonds is 11. The number of nitrogens with one attached hydrogen (secondary N) is 3. The largest absolute Gasteiger partial charge is 0.493 e. The van der Waals surface area contributed by atoms with E-state index in [1.54, 1.807) is 24.4 Å². The number of fused-ring (bicyclic) bond motifs is 1. The van der Waals surface area contributed by atoms with Crippen molar-refractivity contribution in [3.63, 3.8) is 0 Å². The lowest BCUT2D eigenvalue weighted by Crippen LogP contribution is -2.39. The van der Waals surface area contributed by atoms with Gasteiger partial charge >= 0.3 is 0 Å². The van der Waals surface area contributed by atoms with Crippen LogP contribution in [0.2, 0.25) is 0 Å². The highest BCUT2D eigenvalue weighted by Gasteiger charge is 2.19. The Kier molecular flexibility index (Phi) is 9.60. The maximum Gasteiger partial charge on any atom is 0.268 e. The fraction of sp³-hybridized carbons (Fsp3) is 0.290. The quantitative estimate of drug-likeness (QED) is 0.181. The van der Waals surface area contributed by atoms with E-state index < -0.39 is 29.6 Å². The fourth-order valence-electron chi connectivity index (χ4n) is 4.69. The van der Waals surface area contributed by atoms with Crippen LogP contribution in [0.5, 0.6) is 23.0 Å². The zero-order valence-electron chi connectivity index (χ0n) is 23.3. The average molecular weight is 597 g/mol. The van der Waals surface area contributed by atoms with E-state index in [1.165, 1.54) is 25.3 Å². The van der Waals surface area contributed by atoms with E-state index in [1.807, 2.05) is 0 Å². The second-order valence-electron chi connectivity index (χ2n) is 10.1. The molecule has 0 aliphatic carbocycles. The van der Waals surface area contributed by atoms with Gasteiger partial charge in [0.2, 0.25) is 0 Å². The molecule has 5 rings (SSSR count). The van der Waals surface area contributed by atoms with Crippen molar-refractivity contribution in [1.82, 2.24) is 15.6 Å². The number of aliphatic hydroxyl groups is 1. The molecule has 12 heteroatoms. The molecular formula is C31H31F3N4O5. The number of piperidine rings is 1. The highest BCUT2D eigenvalue weighted by molar-refractivity contribution is 5.93. The Hall–Kier alpha value is -4.39. The molecule has 0 saturated carbocycles. The van der Waals surface area contributed by atoms with E-state index >= 15 is 4.39 Å². The number of amides is 1. The number of halogens is 3. The maximum absolute atomic E-state index is 15.0. The predicted octanol–water partition coefficient (Wildman–Crippen LogP) is 4.88. The number of hydrogen-bond donors (Lipinski definition) is 4. The molecule has 0 spiro atoms. The first-order valence-corrected chi connectivity index (χ1v) is 13.7. The molecule has 0 radical (unpaired) electrons. The van der Waals surface area contributed by atoms with Gasteiger partial charge in [-0.05, 0) is 73.8 Å². The van der Waals surface area contributed by atoms with Crippen molar-refractivity contribution in [3.05, 3.63) is 83.8 Å². The van der Waals surface area contributed by atoms with Crippen molar-refractivity contribution in [1.29, 1.82) is 0 Å². The third-order valence-corrected chi connectivity index (χ3v) is 7.07. The Morgan fingerprint density at radius 3 is 2.53 bits per heavy atom. The molecule has 1 saturated heterocycles. The van der Waals surface area contributed by atoms with Gasteiger partial charge in [-0.3, -0.25) is 15.1 Å². The number of carbonyl (C=O) groups is 1. The van der Waals surface area contributed by atoms with Gasteiger partial charge in [-0.2, -0.15) is 0 Å². The summed E-state index contributed by atoms with van der Waals surface area (Å²) in [5.41, 5.74) is 0.966. The van der Waals surface area contributed by atoms with Crippen molar-refractivity contribution in [2.45, 2.75) is 25.6 Å². The molecule has 1 aromatic heterocycles. The Morgan fingerprint density at radius 1 is 0.977 bits per heavy atom. The minimum Gasteiger partial charge on any atom is -0.493 e. The first kappa shape index (κ1) is 30.1. The summed E-state index contributed by atoms with van der Waals surface area (Å²) in [5, 5.41) is 18.9. The summed E-state index contributed by atoms with van der Waals surface area (Å²) in [6.45, 7) is 2.39. The van der Waals surface area contributed by atoms with Crippen molar-refractivity contribution in [2.75, 3.05) is 32.1 Å². The molecule has 43 heavy (non-hydrogen) atoms. The Morgan fingerprint density at radius 2 is 1.79 bits per heavy atom. The van der Waals surface area contributed by atoms with Crippen LogP contribution in [0.15, 0.2) is 60.8 Å². The average Bonchev–Trinajstić information content (AvgIpc) is 3.01. The van der Waals surface area contributed by atoms with Crippen LogP contribution in [0.1, 0.15) is 18.4 Å². The van der Waals surface area contributed by atoms with E-state index in [9.17, 15) is 18.7 Å². The van der Waals surface area contributed by atoms with Gasteiger partial charge in [0.25, 0.3) is 5.91 Å². The summed E-state index contributed by atoms with van der Waals surface area (Å²) < 4.78 is 59.0. The summed E-state index contributed by atoms with van der Waals surface area (Å²) in [6, 6.07) is 12.1. The van der Waals surface area contributed by atoms with Crippen molar-refractivity contribution in [2.24, 2.45) is 5.92 Å². The molecule has 4 aromatic rings. The highest BCUT2D eigenvalue weighted by Crippen LogP contribution is 2.38. The number of carbonyl (C=O) groups excluding carboxylic acids is 1. The summed E-state index contributed by atoms with van der Waals surface area (Å²) in [4.78, 5) is 16.8. The van der Waals surface area contributed by atoms with Crippen molar-refractivity contribution < 1.29 is 37.3 Å². The molecule has 9 nitrogen and oxygen atoms in total. The number of anilines is 1. The minimum atomic E-state index is -1.70. The molecule has 1 unspecified atom stereocenters. The van der Waals surface area contributed by atoms with Gasteiger partial charge in [-0.25, -0.2) is 13.2 Å². The molecule has 3 aromatic carbocycles. The van der Waals surface area contributed by atoms with Gasteiger partial charge in [-0.1, -0.05) is 6.07 Å². The maximum atomic E-state index is 15.0. The fourth-order valence-corrected chi connectivity index (χ4v) is 4.69. The number of aromatic nitrogens is 1. The lowest BCUT2D eigenvalue weighted by molar-refractivity contribution is -0.125. The molecule has 1 aliphatic heterocycles. The molecule has 1 fully saturated rings. The molecule has 1 atom stereocenters. The standard InChI is InChI=1S/C31H31F3N4O5/c1-41-28-14-21-25(15-29(28)42-17-18-6-9-35-10-7-18)36-11-8-26(21)43-27-5-3-20(13-24(27)34)38-31(40)30(39)37-16-19-2-4-22(32)23(33)12-19/h2-5,8,11-15,18,30,35,37,39H,6-7,9-10,16-17H2,1H3,(H,38,40). The first-order valence-electron chi connectivity index (χ1n) is 13.7. The van der Waals surface area contributed by atoms with Crippen molar-refractivity contribution >= 4 is 22.5 Å². The zero-order valence-corrected chi connectivity index (χ0v) is 23.3. The van der Waals surface area contributed by atoms with Crippen LogP contribution < -0.4 is 30.2 Å². The van der Waals surface area contributed by atoms with Gasteiger partial charge in [0, 0.05) is 35.9 Å². The number of pyridine rings is 1. The molecule has 226 valence electrons. The number of ether oxygens (including phenoxy) is 3. The number of benzene rings is 3. The van der Waals surface area contributed by atoms with E-state index in [0.29, 0.717) is 46.2 Å². The summed E-state index contributed by atoms with van der Waals surface area (Å²) >= 11 is 0. The SMILES string of the molecule is COc1cc2c(Oc3ccc(NC(=O)C(O)NCc4ccc(F)c(F)c4)cc3F)ccnc2cc1OCC1CCNCC1. The molecule has 2 heterocycles. The zero-order chi connectivity index (χ0) is 30.3. The number of nitrogens with zero attached hydrogens (tertiary/aromatic N) is 1. The molecule has 1 amide bonds. The highest BCUT2D eigenvalue weighted by atomic mass is 19.2. The normalized spacial score (nSPS) is 14.3. The summed E-state index contributed by atoms with van der Waals surface area (Å²) in [7, 11) is 1.54. The van der Waals surface area contributed by atoms with Gasteiger partial charge in [0.1, 0.15) is 5.75 Å². The van der Waals surface area contributed by atoms with Crippen LogP contribution in [0.3, 0.4) is 0 Å².